The van der Waals surface area contributed by atoms with E-state index in [9.17, 15) is 0 Å². The highest BCUT2D eigenvalue weighted by Gasteiger charge is 2.34. The summed E-state index contributed by atoms with van der Waals surface area (Å²) in [6.45, 7) is 0. The zero-order valence-corrected chi connectivity index (χ0v) is 60.6. The molecule has 5 nitrogen and oxygen atoms in total. The van der Waals surface area contributed by atoms with Crippen molar-refractivity contribution in [3.05, 3.63) is 428 Å². The first kappa shape index (κ1) is 62.2. The molecule has 110 heavy (non-hydrogen) atoms. The van der Waals surface area contributed by atoms with E-state index in [-0.39, 0.29) is 11.8 Å². The second-order valence-electron chi connectivity index (χ2n) is 29.4. The quantitative estimate of drug-likeness (QED) is 0.122. The van der Waals surface area contributed by atoms with Gasteiger partial charge >= 0.3 is 0 Å². The fraction of sp³-hybridized carbons (Fsp3) is 0.0192. The molecule has 17 aromatic carbocycles. The Kier molecular flexibility index (Phi) is 14.0. The summed E-state index contributed by atoms with van der Waals surface area (Å²) in [5.74, 6) is 0.151. The fourth-order valence-corrected chi connectivity index (χ4v) is 20.1. The highest BCUT2D eigenvalue weighted by Crippen LogP contribution is 2.55. The third-order valence-electron chi connectivity index (χ3n) is 23.5. The first-order valence-electron chi connectivity index (χ1n) is 38.0. The maximum Gasteiger partial charge on any atom is 0.0555 e. The molecule has 0 spiro atoms. The molecular formula is C104H67N5S. The number of fused-ring (bicyclic) bond motifs is 19. The van der Waals surface area contributed by atoms with E-state index in [1.807, 2.05) is 11.3 Å². The number of anilines is 6. The third-order valence-corrected chi connectivity index (χ3v) is 24.7. The topological polar surface area (TPSA) is 21.3 Å². The maximum absolute atomic E-state index is 2.55. The van der Waals surface area contributed by atoms with E-state index in [1.54, 1.807) is 0 Å². The largest absolute Gasteiger partial charge is 0.310 e. The smallest absolute Gasteiger partial charge is 0.0555 e. The predicted molar refractivity (Wildman–Crippen MR) is 463 cm³/mol. The third kappa shape index (κ3) is 9.59. The molecule has 21 aromatic rings. The van der Waals surface area contributed by atoms with Crippen molar-refractivity contribution in [3.63, 3.8) is 0 Å². The molecule has 0 aliphatic heterocycles. The van der Waals surface area contributed by atoms with Crippen LogP contribution in [0.5, 0.6) is 0 Å². The minimum absolute atomic E-state index is 0.0757. The Balaban J connectivity index is 0.828. The van der Waals surface area contributed by atoms with Crippen LogP contribution in [0.4, 0.5) is 34.1 Å². The Morgan fingerprint density at radius 1 is 0.218 bits per heavy atom. The van der Waals surface area contributed by atoms with E-state index in [4.69, 9.17) is 0 Å². The van der Waals surface area contributed by atoms with Crippen LogP contribution in [0.25, 0.3) is 136 Å². The predicted octanol–water partition coefficient (Wildman–Crippen LogP) is 28.3. The number of hydrogen-bond donors (Lipinski definition) is 0. The number of benzene rings is 17. The molecule has 4 aromatic heterocycles. The summed E-state index contributed by atoms with van der Waals surface area (Å²) < 4.78 is 9.90. The van der Waals surface area contributed by atoms with Gasteiger partial charge in [-0.2, -0.15) is 0 Å². The Labute approximate surface area is 640 Å². The van der Waals surface area contributed by atoms with Crippen molar-refractivity contribution < 1.29 is 0 Å². The molecule has 514 valence electrons. The lowest BCUT2D eigenvalue weighted by molar-refractivity contribution is 1.01. The van der Waals surface area contributed by atoms with E-state index in [2.05, 4.69) is 418 Å². The number of aromatic nitrogens is 3. The SMILES string of the molecule is c1ccc(C2c3ccccc3-c3cc(N(c4cc(-c5ccc6c(c5)c5c7sc8ccccc8c7ccc5n6-c5ccccc5)cc(N(c5ccc6c(c5)-c5ccccc5C6c5ccccc5)c5ccc6c(c5)c5ccccc5n6-c5ccccc5)c4)c4ccc5c(c4)c4ccccc4n5-c4ccccc4)ccc32)cc1. The van der Waals surface area contributed by atoms with E-state index >= 15 is 0 Å². The number of hydrogen-bond acceptors (Lipinski definition) is 3. The van der Waals surface area contributed by atoms with Gasteiger partial charge in [0.05, 0.1) is 33.1 Å². The van der Waals surface area contributed by atoms with Gasteiger partial charge in [-0.15, -0.1) is 11.3 Å². The molecule has 0 saturated heterocycles. The van der Waals surface area contributed by atoms with Crippen molar-refractivity contribution in [1.29, 1.82) is 0 Å². The number of nitrogens with zero attached hydrogens (tertiary/aromatic N) is 5. The lowest BCUT2D eigenvalue weighted by Crippen LogP contribution is -2.14. The van der Waals surface area contributed by atoms with Gasteiger partial charge in [-0.3, -0.25) is 0 Å². The average molecular weight is 1420 g/mol. The van der Waals surface area contributed by atoms with Crippen molar-refractivity contribution in [2.75, 3.05) is 9.80 Å². The van der Waals surface area contributed by atoms with Crippen LogP contribution in [-0.4, -0.2) is 13.7 Å². The molecule has 0 bridgehead atoms. The van der Waals surface area contributed by atoms with Crippen LogP contribution in [0.3, 0.4) is 0 Å². The van der Waals surface area contributed by atoms with Crippen LogP contribution in [0.2, 0.25) is 0 Å². The summed E-state index contributed by atoms with van der Waals surface area (Å²) in [6, 6.07) is 148. The molecule has 2 aliphatic rings. The zero-order chi connectivity index (χ0) is 72.1. The summed E-state index contributed by atoms with van der Waals surface area (Å²) in [7, 11) is 0. The summed E-state index contributed by atoms with van der Waals surface area (Å²) >= 11 is 1.90. The second kappa shape index (κ2) is 24.8. The molecular weight excluding hydrogens is 1350 g/mol. The Hall–Kier alpha value is -14.0. The Bertz CT molecular complexity index is 6970. The van der Waals surface area contributed by atoms with Gasteiger partial charge < -0.3 is 23.5 Å². The van der Waals surface area contributed by atoms with Crippen LogP contribution in [0, 0.1) is 0 Å². The molecule has 6 heteroatoms. The van der Waals surface area contributed by atoms with Crippen molar-refractivity contribution in [2.24, 2.45) is 0 Å². The zero-order valence-electron chi connectivity index (χ0n) is 59.8. The van der Waals surface area contributed by atoms with Gasteiger partial charge in [0.1, 0.15) is 0 Å². The summed E-state index contributed by atoms with van der Waals surface area (Å²) in [5.41, 5.74) is 31.5. The van der Waals surface area contributed by atoms with Crippen LogP contribution >= 0.6 is 11.3 Å². The number of rotatable bonds is 12. The van der Waals surface area contributed by atoms with Gasteiger partial charge in [-0.05, 0) is 218 Å². The minimum Gasteiger partial charge on any atom is -0.310 e. The maximum atomic E-state index is 2.55. The van der Waals surface area contributed by atoms with E-state index < -0.39 is 0 Å². The van der Waals surface area contributed by atoms with Crippen LogP contribution in [0.15, 0.2) is 394 Å². The highest BCUT2D eigenvalue weighted by atomic mass is 32.1. The summed E-state index contributed by atoms with van der Waals surface area (Å²) in [5, 5.41) is 9.74. The van der Waals surface area contributed by atoms with Gasteiger partial charge in [0.15, 0.2) is 0 Å². The normalized spacial score (nSPS) is 13.6. The second-order valence-corrected chi connectivity index (χ2v) is 30.5. The van der Waals surface area contributed by atoms with Crippen molar-refractivity contribution in [1.82, 2.24) is 13.7 Å². The van der Waals surface area contributed by atoms with Crippen LogP contribution in [0.1, 0.15) is 45.2 Å². The van der Waals surface area contributed by atoms with Gasteiger partial charge in [-0.25, -0.2) is 0 Å². The highest BCUT2D eigenvalue weighted by molar-refractivity contribution is 7.26. The van der Waals surface area contributed by atoms with E-state index in [0.717, 1.165) is 89.9 Å². The molecule has 2 atom stereocenters. The van der Waals surface area contributed by atoms with Crippen molar-refractivity contribution >= 4 is 131 Å². The van der Waals surface area contributed by atoms with E-state index in [0.29, 0.717) is 0 Å². The molecule has 0 fully saturated rings. The number of thiophene rings is 1. The molecule has 2 aliphatic carbocycles. The van der Waals surface area contributed by atoms with Crippen molar-refractivity contribution in [3.8, 4) is 50.4 Å². The Morgan fingerprint density at radius 3 is 1.12 bits per heavy atom. The van der Waals surface area contributed by atoms with Gasteiger partial charge in [0.25, 0.3) is 0 Å². The molecule has 0 radical (unpaired) electrons. The lowest BCUT2D eigenvalue weighted by Gasteiger charge is -2.31. The Morgan fingerprint density at radius 2 is 0.600 bits per heavy atom. The monoisotopic (exact) mass is 1420 g/mol. The van der Waals surface area contributed by atoms with Crippen LogP contribution < -0.4 is 9.80 Å². The molecule has 0 amide bonds. The number of para-hydroxylation sites is 5. The fourth-order valence-electron chi connectivity index (χ4n) is 18.8. The van der Waals surface area contributed by atoms with Crippen molar-refractivity contribution in [2.45, 2.75) is 11.8 Å². The minimum atomic E-state index is 0.0757. The van der Waals surface area contributed by atoms with Crippen LogP contribution in [-0.2, 0) is 0 Å². The van der Waals surface area contributed by atoms with Gasteiger partial charge in [-0.1, -0.05) is 243 Å². The average Bonchev–Trinajstić information content (AvgIpc) is 1.55. The molecule has 0 N–H and O–H groups in total. The molecule has 0 saturated carbocycles. The summed E-state index contributed by atoms with van der Waals surface area (Å²) in [6.07, 6.45) is 0. The first-order valence-corrected chi connectivity index (χ1v) is 38.8. The van der Waals surface area contributed by atoms with E-state index in [1.165, 1.54) is 114 Å². The molecule has 2 unspecified atom stereocenters. The molecule has 23 rings (SSSR count). The summed E-state index contributed by atoms with van der Waals surface area (Å²) in [4.78, 5) is 5.11. The lowest BCUT2D eigenvalue weighted by atomic mass is 9.89. The standard InChI is InChI=1S/C104H67N5S/c1-6-26-66(27-7-1)101-84-41-18-16-36-79(84)89-62-73(47-51-86(89)101)105(75-49-55-96-91(64-75)81-38-20-23-43-94(81)107(96)70-30-10-3-11-31-70)77-58-69(68-46-54-98-93(60-68)103-99(109(98)72-34-14-5-15-35-72)57-53-88-83-40-22-25-45-100(83)110-104(88)103)59-78(61-77)106(74-48-52-87-90(63-74)80-37-17-19-42-85(80)102(87)67-28-8-2-9-29-67)76-50-56-97-92(65-76)82-39-21-24-44-95(82)108(97)71-32-12-4-13-33-71/h1-65,101-102H. The molecule has 4 heterocycles. The van der Waals surface area contributed by atoms with Gasteiger partial charge in [0, 0.05) is 116 Å². The first-order chi connectivity index (χ1) is 54.6. The van der Waals surface area contributed by atoms with Gasteiger partial charge in [0.2, 0.25) is 0 Å².